The second-order valence-corrected chi connectivity index (χ2v) is 5.25. The molecule has 1 aromatic rings. The molecule has 1 rings (SSSR count). The fraction of sp³-hybridized carbons (Fsp3) is 0.444. The number of aromatic nitrogens is 1. The minimum Gasteiger partial charge on any atom is -0.381 e. The maximum atomic E-state index is 12.6. The summed E-state index contributed by atoms with van der Waals surface area (Å²) in [7, 11) is -3.64. The first-order valence-electron chi connectivity index (χ1n) is 4.39. The minimum absolute atomic E-state index is 0.137. The zero-order valence-corrected chi connectivity index (χ0v) is 9.66. The lowest BCUT2D eigenvalue weighted by atomic mass is 10.0. The molecule has 0 aliphatic rings. The molecule has 0 fully saturated rings. The number of hydrogen-bond acceptors (Lipinski definition) is 5. The van der Waals surface area contributed by atoms with Crippen LogP contribution in [0.4, 0.5) is 4.39 Å². The van der Waals surface area contributed by atoms with Gasteiger partial charge < -0.3 is 5.11 Å². The van der Waals surface area contributed by atoms with Gasteiger partial charge in [0.2, 0.25) is 0 Å². The third-order valence-electron chi connectivity index (χ3n) is 1.83. The third kappa shape index (κ3) is 3.84. The van der Waals surface area contributed by atoms with Crippen molar-refractivity contribution < 1.29 is 22.1 Å². The standard InChI is InChI=1S/C9H12FNO4S/c1-9(12,6-15-16(2,13)14)8-4-3-7(10)5-11-8/h3-5,12H,6H2,1-2H3/t9-/m1/s1. The SMILES string of the molecule is C[C@@](O)(COS(C)(=O)=O)c1ccc(F)cn1. The van der Waals surface area contributed by atoms with Crippen LogP contribution in [0.1, 0.15) is 12.6 Å². The number of halogens is 1. The molecule has 0 saturated heterocycles. The monoisotopic (exact) mass is 249 g/mol. The maximum absolute atomic E-state index is 12.6. The lowest BCUT2D eigenvalue weighted by Crippen LogP contribution is -2.30. The fourth-order valence-electron chi connectivity index (χ4n) is 0.990. The van der Waals surface area contributed by atoms with Crippen LogP contribution in [0.15, 0.2) is 18.3 Å². The Morgan fingerprint density at radius 2 is 2.19 bits per heavy atom. The van der Waals surface area contributed by atoms with Gasteiger partial charge in [-0.05, 0) is 19.1 Å². The molecule has 0 bridgehead atoms. The predicted molar refractivity (Wildman–Crippen MR) is 54.6 cm³/mol. The first-order chi connectivity index (χ1) is 7.21. The quantitative estimate of drug-likeness (QED) is 0.782. The summed E-state index contributed by atoms with van der Waals surface area (Å²) in [5.41, 5.74) is -1.45. The highest BCUT2D eigenvalue weighted by Crippen LogP contribution is 2.19. The molecule has 0 radical (unpaired) electrons. The Hall–Kier alpha value is -1.05. The van der Waals surface area contributed by atoms with E-state index >= 15 is 0 Å². The molecule has 7 heteroatoms. The first kappa shape index (κ1) is 13.0. The number of aliphatic hydroxyl groups is 1. The van der Waals surface area contributed by atoms with Gasteiger partial charge in [0.15, 0.2) is 0 Å². The van der Waals surface area contributed by atoms with Crippen LogP contribution < -0.4 is 0 Å². The number of hydrogen-bond donors (Lipinski definition) is 1. The van der Waals surface area contributed by atoms with Crippen molar-refractivity contribution >= 4 is 10.1 Å². The second kappa shape index (κ2) is 4.44. The van der Waals surface area contributed by atoms with Gasteiger partial charge in [-0.2, -0.15) is 8.42 Å². The van der Waals surface area contributed by atoms with E-state index in [1.54, 1.807) is 0 Å². The number of nitrogens with zero attached hydrogens (tertiary/aromatic N) is 1. The Balaban J connectivity index is 2.81. The van der Waals surface area contributed by atoms with E-state index in [9.17, 15) is 17.9 Å². The van der Waals surface area contributed by atoms with Crippen molar-refractivity contribution in [2.45, 2.75) is 12.5 Å². The lowest BCUT2D eigenvalue weighted by Gasteiger charge is -2.21. The highest BCUT2D eigenvalue weighted by atomic mass is 32.2. The zero-order chi connectivity index (χ0) is 12.4. The molecule has 1 aromatic heterocycles. The van der Waals surface area contributed by atoms with E-state index in [0.717, 1.165) is 18.5 Å². The van der Waals surface area contributed by atoms with Crippen LogP contribution in [0.5, 0.6) is 0 Å². The predicted octanol–water partition coefficient (Wildman–Crippen LogP) is 0.404. The Bertz CT molecular complexity index is 455. The van der Waals surface area contributed by atoms with Gasteiger partial charge in [-0.1, -0.05) is 0 Å². The van der Waals surface area contributed by atoms with Crippen LogP contribution >= 0.6 is 0 Å². The van der Waals surface area contributed by atoms with Gasteiger partial charge in [0.1, 0.15) is 18.0 Å². The maximum Gasteiger partial charge on any atom is 0.264 e. The lowest BCUT2D eigenvalue weighted by molar-refractivity contribution is 0.00623. The summed E-state index contributed by atoms with van der Waals surface area (Å²) in [5, 5.41) is 9.87. The van der Waals surface area contributed by atoms with E-state index < -0.39 is 28.1 Å². The Kier molecular flexibility index (Phi) is 3.61. The van der Waals surface area contributed by atoms with Gasteiger partial charge in [-0.25, -0.2) is 4.39 Å². The summed E-state index contributed by atoms with van der Waals surface area (Å²) < 4.78 is 38.5. The molecule has 0 amide bonds. The van der Waals surface area contributed by atoms with Gasteiger partial charge in [0.25, 0.3) is 10.1 Å². The van der Waals surface area contributed by atoms with Crippen molar-refractivity contribution in [3.63, 3.8) is 0 Å². The van der Waals surface area contributed by atoms with Gasteiger partial charge in [-0.15, -0.1) is 0 Å². The van der Waals surface area contributed by atoms with Crippen molar-refractivity contribution in [3.05, 3.63) is 29.8 Å². The molecule has 0 spiro atoms. The molecule has 0 aliphatic heterocycles. The molecule has 1 N–H and O–H groups in total. The van der Waals surface area contributed by atoms with Gasteiger partial charge >= 0.3 is 0 Å². The third-order valence-corrected chi connectivity index (χ3v) is 2.38. The summed E-state index contributed by atoms with van der Waals surface area (Å²) >= 11 is 0. The molecule has 90 valence electrons. The average molecular weight is 249 g/mol. The van der Waals surface area contributed by atoms with Crippen LogP contribution in [0.25, 0.3) is 0 Å². The zero-order valence-electron chi connectivity index (χ0n) is 8.84. The average Bonchev–Trinajstić information content (AvgIpc) is 2.15. The van der Waals surface area contributed by atoms with E-state index in [4.69, 9.17) is 0 Å². The summed E-state index contributed by atoms with van der Waals surface area (Å²) in [4.78, 5) is 3.65. The van der Waals surface area contributed by atoms with E-state index in [1.807, 2.05) is 0 Å². The summed E-state index contributed by atoms with van der Waals surface area (Å²) in [6.45, 7) is 0.864. The van der Waals surface area contributed by atoms with Crippen molar-refractivity contribution in [2.24, 2.45) is 0 Å². The van der Waals surface area contributed by atoms with E-state index in [0.29, 0.717) is 0 Å². The highest BCUT2D eigenvalue weighted by molar-refractivity contribution is 7.85. The van der Waals surface area contributed by atoms with Crippen molar-refractivity contribution in [2.75, 3.05) is 12.9 Å². The minimum atomic E-state index is -3.64. The second-order valence-electron chi connectivity index (χ2n) is 3.60. The molecule has 1 atom stereocenters. The molecular weight excluding hydrogens is 237 g/mol. The van der Waals surface area contributed by atoms with Crippen LogP contribution in [0.2, 0.25) is 0 Å². The van der Waals surface area contributed by atoms with Crippen LogP contribution in [0, 0.1) is 5.82 Å². The fourth-order valence-corrected chi connectivity index (χ4v) is 1.43. The molecule has 0 aliphatic carbocycles. The summed E-state index contributed by atoms with van der Waals surface area (Å²) in [6.07, 6.45) is 1.81. The molecule has 0 saturated carbocycles. The molecule has 0 aromatic carbocycles. The van der Waals surface area contributed by atoms with Gasteiger partial charge in [0, 0.05) is 0 Å². The van der Waals surface area contributed by atoms with Crippen LogP contribution in [-0.2, 0) is 19.9 Å². The molecule has 16 heavy (non-hydrogen) atoms. The normalized spacial score (nSPS) is 15.8. The highest BCUT2D eigenvalue weighted by Gasteiger charge is 2.27. The van der Waals surface area contributed by atoms with Crippen molar-refractivity contribution in [3.8, 4) is 0 Å². The van der Waals surface area contributed by atoms with Crippen molar-refractivity contribution in [1.29, 1.82) is 0 Å². The summed E-state index contributed by atoms with van der Waals surface area (Å²) in [6, 6.07) is 2.39. The Morgan fingerprint density at radius 3 is 2.62 bits per heavy atom. The summed E-state index contributed by atoms with van der Waals surface area (Å²) in [5.74, 6) is -0.538. The van der Waals surface area contributed by atoms with Crippen LogP contribution in [0.3, 0.4) is 0 Å². The topological polar surface area (TPSA) is 76.5 Å². The van der Waals surface area contributed by atoms with Crippen molar-refractivity contribution in [1.82, 2.24) is 4.98 Å². The van der Waals surface area contributed by atoms with Crippen LogP contribution in [-0.4, -0.2) is 31.4 Å². The molecular formula is C9H12FNO4S. The van der Waals surface area contributed by atoms with Gasteiger partial charge in [0.05, 0.1) is 18.1 Å². The smallest absolute Gasteiger partial charge is 0.264 e. The van der Waals surface area contributed by atoms with E-state index in [1.165, 1.54) is 13.0 Å². The number of pyridine rings is 1. The molecule has 0 unspecified atom stereocenters. The van der Waals surface area contributed by atoms with E-state index in [-0.39, 0.29) is 5.69 Å². The van der Waals surface area contributed by atoms with E-state index in [2.05, 4.69) is 9.17 Å². The first-order valence-corrected chi connectivity index (χ1v) is 6.21. The Labute approximate surface area is 93.0 Å². The largest absolute Gasteiger partial charge is 0.381 e. The Morgan fingerprint density at radius 1 is 1.56 bits per heavy atom. The molecule has 1 heterocycles. The van der Waals surface area contributed by atoms with Gasteiger partial charge in [-0.3, -0.25) is 9.17 Å². The number of rotatable bonds is 4. The molecule has 5 nitrogen and oxygen atoms in total.